The molecule has 1 saturated heterocycles. The second-order valence-corrected chi connectivity index (χ2v) is 6.11. The molecule has 22 heavy (non-hydrogen) atoms. The van der Waals surface area contributed by atoms with E-state index in [0.717, 1.165) is 6.54 Å². The number of benzene rings is 1. The first-order valence-electron chi connectivity index (χ1n) is 7.57. The summed E-state index contributed by atoms with van der Waals surface area (Å²) in [6, 6.07) is 2.97. The predicted octanol–water partition coefficient (Wildman–Crippen LogP) is 1.52. The van der Waals surface area contributed by atoms with Gasteiger partial charge in [0.2, 0.25) is 0 Å². The molecule has 0 amide bonds. The van der Waals surface area contributed by atoms with Crippen LogP contribution < -0.4 is 10.1 Å². The third-order valence-corrected chi connectivity index (χ3v) is 4.25. The predicted molar refractivity (Wildman–Crippen MR) is 79.6 cm³/mol. The number of fused-ring (bicyclic) bond motifs is 2. The first-order chi connectivity index (χ1) is 10.5. The minimum absolute atomic E-state index is 0.307. The lowest BCUT2D eigenvalue weighted by Crippen LogP contribution is -2.40. The summed E-state index contributed by atoms with van der Waals surface area (Å²) in [4.78, 5) is 14.1. The molecule has 120 valence electrons. The van der Waals surface area contributed by atoms with E-state index in [1.807, 2.05) is 19.0 Å². The van der Waals surface area contributed by atoms with Crippen molar-refractivity contribution in [1.82, 2.24) is 10.2 Å². The standard InChI is InChI=1S/C16H21FN2O3/c1-19(2)7-8-21-11-9-12-14(13(17)10-11)16(22-15(12)20)3-5-18-6-4-16/h9-10,18H,3-8H2,1-2H3. The van der Waals surface area contributed by atoms with Crippen molar-refractivity contribution in [2.45, 2.75) is 18.4 Å². The van der Waals surface area contributed by atoms with Gasteiger partial charge in [-0.05, 0) is 33.3 Å². The van der Waals surface area contributed by atoms with Crippen molar-refractivity contribution in [3.63, 3.8) is 0 Å². The van der Waals surface area contributed by atoms with E-state index in [0.29, 0.717) is 49.4 Å². The Morgan fingerprint density at radius 3 is 2.77 bits per heavy atom. The van der Waals surface area contributed by atoms with Gasteiger partial charge in [-0.3, -0.25) is 0 Å². The van der Waals surface area contributed by atoms with Crippen molar-refractivity contribution in [3.8, 4) is 5.75 Å². The van der Waals surface area contributed by atoms with Gasteiger partial charge in [0, 0.05) is 31.0 Å². The summed E-state index contributed by atoms with van der Waals surface area (Å²) in [5, 5.41) is 3.21. The topological polar surface area (TPSA) is 50.8 Å². The van der Waals surface area contributed by atoms with E-state index in [1.54, 1.807) is 6.07 Å². The number of hydrogen-bond acceptors (Lipinski definition) is 5. The normalized spacial score (nSPS) is 19.4. The zero-order valence-corrected chi connectivity index (χ0v) is 12.9. The molecule has 1 fully saturated rings. The Hall–Kier alpha value is -1.66. The quantitative estimate of drug-likeness (QED) is 0.855. The Morgan fingerprint density at radius 2 is 2.09 bits per heavy atom. The first kappa shape index (κ1) is 15.2. The van der Waals surface area contributed by atoms with Gasteiger partial charge in [0.15, 0.2) is 0 Å². The largest absolute Gasteiger partial charge is 0.492 e. The SMILES string of the molecule is CN(C)CCOc1cc(F)c2c(c1)C(=O)OC21CCNCC1. The third kappa shape index (κ3) is 2.68. The van der Waals surface area contributed by atoms with E-state index in [9.17, 15) is 9.18 Å². The summed E-state index contributed by atoms with van der Waals surface area (Å²) in [6.07, 6.45) is 1.20. The Labute approximate surface area is 129 Å². The number of hydrogen-bond donors (Lipinski definition) is 1. The maximum atomic E-state index is 14.6. The van der Waals surface area contributed by atoms with Gasteiger partial charge < -0.3 is 19.7 Å². The zero-order valence-electron chi connectivity index (χ0n) is 12.9. The van der Waals surface area contributed by atoms with E-state index in [2.05, 4.69) is 5.32 Å². The second-order valence-electron chi connectivity index (χ2n) is 6.11. The molecule has 1 aromatic rings. The van der Waals surface area contributed by atoms with Crippen molar-refractivity contribution in [3.05, 3.63) is 29.1 Å². The van der Waals surface area contributed by atoms with Crippen LogP contribution in [0.2, 0.25) is 0 Å². The molecule has 0 aromatic heterocycles. The van der Waals surface area contributed by atoms with E-state index >= 15 is 0 Å². The lowest BCUT2D eigenvalue weighted by molar-refractivity contribution is -0.0255. The molecule has 1 aromatic carbocycles. The number of likely N-dealkylation sites (N-methyl/N-ethyl adjacent to an activating group) is 1. The van der Waals surface area contributed by atoms with E-state index in [1.165, 1.54) is 6.07 Å². The zero-order chi connectivity index (χ0) is 15.7. The molecule has 3 rings (SSSR count). The second kappa shape index (κ2) is 5.85. The van der Waals surface area contributed by atoms with Crippen molar-refractivity contribution < 1.29 is 18.7 Å². The van der Waals surface area contributed by atoms with Crippen LogP contribution in [0.1, 0.15) is 28.8 Å². The van der Waals surface area contributed by atoms with Crippen LogP contribution in [-0.2, 0) is 10.3 Å². The summed E-state index contributed by atoms with van der Waals surface area (Å²) in [5.74, 6) is -0.486. The van der Waals surface area contributed by atoms with Gasteiger partial charge in [-0.2, -0.15) is 0 Å². The van der Waals surface area contributed by atoms with Gasteiger partial charge >= 0.3 is 5.97 Å². The fourth-order valence-corrected chi connectivity index (χ4v) is 3.10. The smallest absolute Gasteiger partial charge is 0.339 e. The lowest BCUT2D eigenvalue weighted by Gasteiger charge is -2.33. The molecule has 2 heterocycles. The van der Waals surface area contributed by atoms with Crippen LogP contribution in [0.15, 0.2) is 12.1 Å². The highest BCUT2D eigenvalue weighted by molar-refractivity contribution is 5.95. The molecule has 0 atom stereocenters. The van der Waals surface area contributed by atoms with Crippen LogP contribution >= 0.6 is 0 Å². The number of nitrogens with one attached hydrogen (secondary N) is 1. The Balaban J connectivity index is 1.88. The molecule has 0 unspecified atom stereocenters. The monoisotopic (exact) mass is 308 g/mol. The van der Waals surface area contributed by atoms with Crippen LogP contribution in [0.25, 0.3) is 0 Å². The molecule has 6 heteroatoms. The number of halogens is 1. The maximum Gasteiger partial charge on any atom is 0.339 e. The molecule has 0 aliphatic carbocycles. The summed E-state index contributed by atoms with van der Waals surface area (Å²) < 4.78 is 25.7. The summed E-state index contributed by atoms with van der Waals surface area (Å²) >= 11 is 0. The Kier molecular flexibility index (Phi) is 4.06. The van der Waals surface area contributed by atoms with Crippen LogP contribution in [-0.4, -0.2) is 51.2 Å². The average molecular weight is 308 g/mol. The van der Waals surface area contributed by atoms with Crippen molar-refractivity contribution in [1.29, 1.82) is 0 Å². The Bertz CT molecular complexity index is 583. The molecule has 5 nitrogen and oxygen atoms in total. The van der Waals surface area contributed by atoms with Crippen molar-refractivity contribution in [2.75, 3.05) is 40.3 Å². The molecule has 1 spiro atoms. The van der Waals surface area contributed by atoms with Gasteiger partial charge in [-0.1, -0.05) is 0 Å². The summed E-state index contributed by atoms with van der Waals surface area (Å²) in [7, 11) is 3.87. The molecule has 0 radical (unpaired) electrons. The van der Waals surface area contributed by atoms with E-state index in [4.69, 9.17) is 9.47 Å². The third-order valence-electron chi connectivity index (χ3n) is 4.25. The molecule has 2 aliphatic heterocycles. The fraction of sp³-hybridized carbons (Fsp3) is 0.562. The van der Waals surface area contributed by atoms with Crippen LogP contribution in [0.5, 0.6) is 5.75 Å². The molecule has 0 saturated carbocycles. The van der Waals surface area contributed by atoms with Gasteiger partial charge in [0.05, 0.1) is 5.56 Å². The molecular formula is C16H21FN2O3. The molecule has 2 aliphatic rings. The van der Waals surface area contributed by atoms with Crippen molar-refractivity contribution in [2.24, 2.45) is 0 Å². The van der Waals surface area contributed by atoms with Crippen LogP contribution in [0, 0.1) is 5.82 Å². The average Bonchev–Trinajstić information content (AvgIpc) is 2.72. The van der Waals surface area contributed by atoms with E-state index in [-0.39, 0.29) is 0 Å². The minimum Gasteiger partial charge on any atom is -0.492 e. The van der Waals surface area contributed by atoms with Gasteiger partial charge in [0.1, 0.15) is 23.8 Å². The summed E-state index contributed by atoms with van der Waals surface area (Å²) in [6.45, 7) is 2.59. The number of esters is 1. The molecule has 0 bridgehead atoms. The van der Waals surface area contributed by atoms with E-state index < -0.39 is 17.4 Å². The van der Waals surface area contributed by atoms with Crippen LogP contribution in [0.3, 0.4) is 0 Å². The minimum atomic E-state index is -0.802. The number of ether oxygens (including phenoxy) is 2. The fourth-order valence-electron chi connectivity index (χ4n) is 3.10. The number of carbonyl (C=O) groups is 1. The van der Waals surface area contributed by atoms with Crippen molar-refractivity contribution >= 4 is 5.97 Å². The highest BCUT2D eigenvalue weighted by atomic mass is 19.1. The molecular weight excluding hydrogens is 287 g/mol. The lowest BCUT2D eigenvalue weighted by atomic mass is 9.84. The number of nitrogens with zero attached hydrogens (tertiary/aromatic N) is 1. The van der Waals surface area contributed by atoms with Gasteiger partial charge in [-0.15, -0.1) is 0 Å². The highest BCUT2D eigenvalue weighted by Crippen LogP contribution is 2.45. The highest BCUT2D eigenvalue weighted by Gasteiger charge is 2.48. The maximum absolute atomic E-state index is 14.6. The number of piperidine rings is 1. The molecule has 1 N–H and O–H groups in total. The summed E-state index contributed by atoms with van der Waals surface area (Å²) in [5.41, 5.74) is -0.0927. The van der Waals surface area contributed by atoms with Crippen LogP contribution in [0.4, 0.5) is 4.39 Å². The van der Waals surface area contributed by atoms with Gasteiger partial charge in [-0.25, -0.2) is 9.18 Å². The van der Waals surface area contributed by atoms with Gasteiger partial charge in [0.25, 0.3) is 0 Å². The Morgan fingerprint density at radius 1 is 1.36 bits per heavy atom. The first-order valence-corrected chi connectivity index (χ1v) is 7.57. The number of rotatable bonds is 4. The number of carbonyl (C=O) groups excluding carboxylic acids is 1.